The van der Waals surface area contributed by atoms with Gasteiger partial charge in [-0.25, -0.2) is 0 Å². The van der Waals surface area contributed by atoms with Gasteiger partial charge in [0.1, 0.15) is 0 Å². The Morgan fingerprint density at radius 2 is 2.11 bits per heavy atom. The molecule has 0 saturated carbocycles. The first-order valence-corrected chi connectivity index (χ1v) is 8.00. The number of morpholine rings is 1. The number of rotatable bonds is 5. The van der Waals surface area contributed by atoms with Gasteiger partial charge < -0.3 is 10.1 Å². The molecule has 19 heavy (non-hydrogen) atoms. The summed E-state index contributed by atoms with van der Waals surface area (Å²) in [6.45, 7) is 11.5. The van der Waals surface area contributed by atoms with Gasteiger partial charge in [-0.2, -0.15) is 0 Å². The van der Waals surface area contributed by atoms with Gasteiger partial charge in [0, 0.05) is 36.1 Å². The van der Waals surface area contributed by atoms with Crippen molar-refractivity contribution in [2.24, 2.45) is 0 Å². The van der Waals surface area contributed by atoms with Crippen molar-refractivity contribution in [3.63, 3.8) is 0 Å². The van der Waals surface area contributed by atoms with E-state index >= 15 is 0 Å². The molecule has 1 aromatic heterocycles. The van der Waals surface area contributed by atoms with Crippen LogP contribution in [-0.4, -0.2) is 43.3 Å². The molecule has 1 aliphatic heterocycles. The zero-order valence-electron chi connectivity index (χ0n) is 11.9. The van der Waals surface area contributed by atoms with Crippen molar-refractivity contribution >= 4 is 22.9 Å². The summed E-state index contributed by atoms with van der Waals surface area (Å²) in [7, 11) is 0. The summed E-state index contributed by atoms with van der Waals surface area (Å²) in [5.41, 5.74) is 0.152. The summed E-state index contributed by atoms with van der Waals surface area (Å²) in [5.74, 6) is 0. The van der Waals surface area contributed by atoms with Crippen LogP contribution >= 0.6 is 22.9 Å². The maximum absolute atomic E-state index is 5.98. The third-order valence-corrected chi connectivity index (χ3v) is 5.14. The topological polar surface area (TPSA) is 24.5 Å². The molecule has 1 fully saturated rings. The predicted molar refractivity (Wildman–Crippen MR) is 82.2 cm³/mol. The average Bonchev–Trinajstić information content (AvgIpc) is 2.84. The molecule has 1 N–H and O–H groups in total. The molecule has 3 nitrogen and oxygen atoms in total. The first-order chi connectivity index (χ1) is 8.99. The van der Waals surface area contributed by atoms with Crippen molar-refractivity contribution in [1.82, 2.24) is 10.2 Å². The minimum absolute atomic E-state index is 0.152. The predicted octanol–water partition coefficient (Wildman–Crippen LogP) is 3.16. The highest BCUT2D eigenvalue weighted by molar-refractivity contribution is 7.16. The van der Waals surface area contributed by atoms with Crippen molar-refractivity contribution in [1.29, 1.82) is 0 Å². The van der Waals surface area contributed by atoms with Gasteiger partial charge >= 0.3 is 0 Å². The molecular weight excluding hydrogens is 280 g/mol. The van der Waals surface area contributed by atoms with Gasteiger partial charge in [-0.05, 0) is 32.9 Å². The molecule has 2 heterocycles. The lowest BCUT2D eigenvalue weighted by molar-refractivity contribution is -0.0102. The zero-order valence-corrected chi connectivity index (χ0v) is 13.5. The van der Waals surface area contributed by atoms with Crippen LogP contribution in [0.3, 0.4) is 0 Å². The normalized spacial score (nSPS) is 19.6. The maximum atomic E-state index is 5.98. The summed E-state index contributed by atoms with van der Waals surface area (Å²) < 4.78 is 6.27. The number of hydrogen-bond donors (Lipinski definition) is 1. The molecule has 0 radical (unpaired) electrons. The van der Waals surface area contributed by atoms with Crippen LogP contribution in [0.1, 0.15) is 31.7 Å². The van der Waals surface area contributed by atoms with Crippen molar-refractivity contribution in [3.05, 3.63) is 21.3 Å². The van der Waals surface area contributed by atoms with Gasteiger partial charge in [-0.15, -0.1) is 11.3 Å². The summed E-state index contributed by atoms with van der Waals surface area (Å²) in [6, 6.07) is 4.41. The lowest BCUT2D eigenvalue weighted by atomic mass is 10.0. The molecule has 0 amide bonds. The van der Waals surface area contributed by atoms with Gasteiger partial charge in [-0.1, -0.05) is 11.6 Å². The minimum Gasteiger partial charge on any atom is -0.379 e. The fraction of sp³-hybridized carbons (Fsp3) is 0.714. The van der Waals surface area contributed by atoms with E-state index in [-0.39, 0.29) is 5.54 Å². The monoisotopic (exact) mass is 302 g/mol. The van der Waals surface area contributed by atoms with Crippen LogP contribution in [0.2, 0.25) is 4.34 Å². The average molecular weight is 303 g/mol. The Hall–Kier alpha value is -0.130. The third-order valence-electron chi connectivity index (χ3n) is 3.73. The highest BCUT2D eigenvalue weighted by atomic mass is 35.5. The fourth-order valence-electron chi connectivity index (χ4n) is 2.34. The van der Waals surface area contributed by atoms with Crippen molar-refractivity contribution in [2.75, 3.05) is 32.8 Å². The Labute approximate surface area is 124 Å². The quantitative estimate of drug-likeness (QED) is 0.904. The molecule has 1 aliphatic rings. The van der Waals surface area contributed by atoms with Crippen molar-refractivity contribution in [3.8, 4) is 0 Å². The largest absolute Gasteiger partial charge is 0.379 e. The third kappa shape index (κ3) is 4.17. The lowest BCUT2D eigenvalue weighted by Gasteiger charge is -2.41. The second kappa shape index (κ2) is 6.55. The SMILES string of the molecule is CC(NCC(C)(C)N1CCOCC1)c1ccc(Cl)s1. The lowest BCUT2D eigenvalue weighted by Crippen LogP contribution is -2.54. The summed E-state index contributed by atoms with van der Waals surface area (Å²) in [5, 5.41) is 3.62. The van der Waals surface area contributed by atoms with Crippen LogP contribution in [0, 0.1) is 0 Å². The molecule has 1 atom stereocenters. The van der Waals surface area contributed by atoms with E-state index in [4.69, 9.17) is 16.3 Å². The Morgan fingerprint density at radius 1 is 1.42 bits per heavy atom. The zero-order chi connectivity index (χ0) is 13.9. The molecular formula is C14H23ClN2OS. The summed E-state index contributed by atoms with van der Waals surface area (Å²) in [4.78, 5) is 3.79. The van der Waals surface area contributed by atoms with Crippen LogP contribution in [0.25, 0.3) is 0 Å². The van der Waals surface area contributed by atoms with Gasteiger partial charge in [-0.3, -0.25) is 4.90 Å². The molecule has 108 valence electrons. The molecule has 0 aromatic carbocycles. The highest BCUT2D eigenvalue weighted by Gasteiger charge is 2.28. The molecule has 1 saturated heterocycles. The van der Waals surface area contributed by atoms with E-state index in [0.29, 0.717) is 6.04 Å². The Bertz CT molecular complexity index is 402. The van der Waals surface area contributed by atoms with Gasteiger partial charge in [0.25, 0.3) is 0 Å². The fourth-order valence-corrected chi connectivity index (χ4v) is 3.43. The van der Waals surface area contributed by atoms with Crippen LogP contribution in [0.4, 0.5) is 0 Å². The minimum atomic E-state index is 0.152. The van der Waals surface area contributed by atoms with Crippen LogP contribution in [0.15, 0.2) is 12.1 Å². The van der Waals surface area contributed by atoms with E-state index in [0.717, 1.165) is 37.2 Å². The Kier molecular flexibility index (Phi) is 5.26. The molecule has 0 spiro atoms. The second-order valence-corrected chi connectivity index (χ2v) is 7.40. The molecule has 1 aromatic rings. The van der Waals surface area contributed by atoms with Gasteiger partial charge in [0.15, 0.2) is 0 Å². The van der Waals surface area contributed by atoms with E-state index < -0.39 is 0 Å². The van der Waals surface area contributed by atoms with Crippen LogP contribution < -0.4 is 5.32 Å². The number of ether oxygens (including phenoxy) is 1. The van der Waals surface area contributed by atoms with Crippen LogP contribution in [-0.2, 0) is 4.74 Å². The van der Waals surface area contributed by atoms with Gasteiger partial charge in [0.2, 0.25) is 0 Å². The summed E-state index contributed by atoms with van der Waals surface area (Å²) in [6.07, 6.45) is 0. The van der Waals surface area contributed by atoms with E-state index in [2.05, 4.69) is 37.1 Å². The Morgan fingerprint density at radius 3 is 2.68 bits per heavy atom. The highest BCUT2D eigenvalue weighted by Crippen LogP contribution is 2.27. The van der Waals surface area contributed by atoms with Crippen molar-refractivity contribution < 1.29 is 4.74 Å². The van der Waals surface area contributed by atoms with Crippen molar-refractivity contribution in [2.45, 2.75) is 32.4 Å². The number of hydrogen-bond acceptors (Lipinski definition) is 4. The first kappa shape index (κ1) is 15.3. The molecule has 2 rings (SSSR count). The molecule has 0 bridgehead atoms. The number of nitrogens with zero attached hydrogens (tertiary/aromatic N) is 1. The van der Waals surface area contributed by atoms with Crippen LogP contribution in [0.5, 0.6) is 0 Å². The second-order valence-electron chi connectivity index (χ2n) is 5.66. The molecule has 0 aliphatic carbocycles. The smallest absolute Gasteiger partial charge is 0.0931 e. The van der Waals surface area contributed by atoms with E-state index in [1.807, 2.05) is 6.07 Å². The number of thiophene rings is 1. The summed E-state index contributed by atoms with van der Waals surface area (Å²) >= 11 is 7.64. The number of nitrogens with one attached hydrogen (secondary N) is 1. The van der Waals surface area contributed by atoms with E-state index in [1.54, 1.807) is 11.3 Å². The number of halogens is 1. The first-order valence-electron chi connectivity index (χ1n) is 6.80. The van der Waals surface area contributed by atoms with Gasteiger partial charge in [0.05, 0.1) is 17.6 Å². The standard InChI is InChI=1S/C14H23ClN2OS/c1-11(12-4-5-13(15)19-12)16-10-14(2,3)17-6-8-18-9-7-17/h4-5,11,16H,6-10H2,1-3H3. The molecule has 1 unspecified atom stereocenters. The Balaban J connectivity index is 1.86. The van der Waals surface area contributed by atoms with E-state index in [9.17, 15) is 0 Å². The maximum Gasteiger partial charge on any atom is 0.0931 e. The van der Waals surface area contributed by atoms with E-state index in [1.165, 1.54) is 4.88 Å². The molecule has 5 heteroatoms.